The normalized spacial score (nSPS) is 14.7. The molecule has 1 aliphatic heterocycles. The number of thiazole rings is 1. The minimum Gasteiger partial charge on any atom is -0.493 e. The van der Waals surface area contributed by atoms with Crippen molar-refractivity contribution < 1.29 is 28.1 Å². The van der Waals surface area contributed by atoms with Crippen LogP contribution >= 0.6 is 27.3 Å². The number of esters is 1. The van der Waals surface area contributed by atoms with Gasteiger partial charge in [0, 0.05) is 5.56 Å². The third-order valence-electron chi connectivity index (χ3n) is 6.98. The molecule has 1 atom stereocenters. The van der Waals surface area contributed by atoms with Gasteiger partial charge in [-0.3, -0.25) is 9.36 Å². The number of hydrogen-bond donors (Lipinski definition) is 0. The van der Waals surface area contributed by atoms with Crippen LogP contribution in [0.25, 0.3) is 6.08 Å². The molecule has 0 radical (unpaired) electrons. The number of carbonyl (C=O) groups is 1. The number of allylic oxidation sites excluding steroid dienone is 1. The van der Waals surface area contributed by atoms with Gasteiger partial charge in [-0.1, -0.05) is 41.7 Å². The van der Waals surface area contributed by atoms with Crippen LogP contribution in [0.3, 0.4) is 0 Å². The highest BCUT2D eigenvalue weighted by atomic mass is 79.9. The number of methoxy groups -OCH3 is 1. The molecule has 8 nitrogen and oxygen atoms in total. The monoisotopic (exact) mass is 694 g/mol. The van der Waals surface area contributed by atoms with E-state index >= 15 is 0 Å². The average Bonchev–Trinajstić information content (AvgIpc) is 3.30. The predicted octanol–water partition coefficient (Wildman–Crippen LogP) is 6.07. The van der Waals surface area contributed by atoms with Crippen molar-refractivity contribution in [3.05, 3.63) is 119 Å². The van der Waals surface area contributed by atoms with Gasteiger partial charge in [-0.05, 0) is 91.2 Å². The minimum absolute atomic E-state index is 0.0702. The van der Waals surface area contributed by atoms with Crippen LogP contribution in [0, 0.1) is 5.82 Å². The van der Waals surface area contributed by atoms with Gasteiger partial charge in [-0.25, -0.2) is 14.2 Å². The van der Waals surface area contributed by atoms with Crippen LogP contribution < -0.4 is 29.1 Å². The first-order valence-corrected chi connectivity index (χ1v) is 15.9. The lowest BCUT2D eigenvalue weighted by atomic mass is 9.95. The quantitative estimate of drug-likeness (QED) is 0.187. The highest BCUT2D eigenvalue weighted by Gasteiger charge is 2.34. The molecule has 0 N–H and O–H groups in total. The van der Waals surface area contributed by atoms with E-state index < -0.39 is 12.0 Å². The van der Waals surface area contributed by atoms with Gasteiger partial charge in [0.1, 0.15) is 18.2 Å². The summed E-state index contributed by atoms with van der Waals surface area (Å²) in [5, 5.41) is 0. The number of hydrogen-bond acceptors (Lipinski definition) is 8. The highest BCUT2D eigenvalue weighted by Crippen LogP contribution is 2.36. The molecule has 0 fully saturated rings. The zero-order valence-electron chi connectivity index (χ0n) is 25.4. The molecular weight excluding hydrogens is 663 g/mol. The van der Waals surface area contributed by atoms with Crippen LogP contribution in [0.4, 0.5) is 4.39 Å². The molecule has 234 valence electrons. The minimum atomic E-state index is -0.801. The largest absolute Gasteiger partial charge is 0.493 e. The van der Waals surface area contributed by atoms with Gasteiger partial charge < -0.3 is 18.9 Å². The summed E-state index contributed by atoms with van der Waals surface area (Å²) in [7, 11) is 1.54. The summed E-state index contributed by atoms with van der Waals surface area (Å²) in [4.78, 5) is 32.4. The second kappa shape index (κ2) is 13.8. The van der Waals surface area contributed by atoms with Gasteiger partial charge in [0.05, 0.1) is 46.1 Å². The number of ether oxygens (including phenoxy) is 4. The SMILES string of the molecule is CCOC(=O)C1=C(C)N=c2s/c(=C\c3ccc(OCc4ccccc4F)c(Br)c3)c(=O)n2[C@H]1c1ccc(OC(C)C)c(OC)c1. The first-order valence-electron chi connectivity index (χ1n) is 14.3. The van der Waals surface area contributed by atoms with E-state index in [1.54, 1.807) is 63.4 Å². The lowest BCUT2D eigenvalue weighted by molar-refractivity contribution is -0.139. The van der Waals surface area contributed by atoms with Crippen molar-refractivity contribution in [3.63, 3.8) is 0 Å². The fourth-order valence-corrected chi connectivity index (χ4v) is 6.52. The Morgan fingerprint density at radius 3 is 2.56 bits per heavy atom. The molecule has 4 aromatic rings. The van der Waals surface area contributed by atoms with Crippen LogP contribution in [0.2, 0.25) is 0 Å². The molecule has 3 aromatic carbocycles. The van der Waals surface area contributed by atoms with E-state index in [1.165, 1.54) is 22.0 Å². The topological polar surface area (TPSA) is 88.4 Å². The molecule has 0 unspecified atom stereocenters. The molecule has 0 saturated heterocycles. The van der Waals surface area contributed by atoms with Gasteiger partial charge in [0.25, 0.3) is 5.56 Å². The van der Waals surface area contributed by atoms with Crippen LogP contribution in [-0.2, 0) is 16.1 Å². The standard InChI is InChI=1S/C34H32BrFN2O6S/c1-6-42-33(40)30-20(4)37-34-38(31(30)22-12-14-27(44-19(2)3)28(17-22)41-5)32(39)29(45-34)16-21-11-13-26(24(35)15-21)43-18-23-9-7-8-10-25(23)36/h7-17,19,31H,6,18H2,1-5H3/b29-16-/t31-/m0/s1. The third-order valence-corrected chi connectivity index (χ3v) is 8.58. The van der Waals surface area contributed by atoms with Crippen molar-refractivity contribution in [2.24, 2.45) is 4.99 Å². The molecule has 45 heavy (non-hydrogen) atoms. The predicted molar refractivity (Wildman–Crippen MR) is 174 cm³/mol. The zero-order valence-corrected chi connectivity index (χ0v) is 27.8. The fourth-order valence-electron chi connectivity index (χ4n) is 4.96. The summed E-state index contributed by atoms with van der Waals surface area (Å²) in [5.41, 5.74) is 2.25. The number of halogens is 2. The number of fused-ring (bicyclic) bond motifs is 1. The summed E-state index contributed by atoms with van der Waals surface area (Å²) in [6.45, 7) is 7.55. The molecule has 11 heteroatoms. The second-order valence-electron chi connectivity index (χ2n) is 10.4. The van der Waals surface area contributed by atoms with Crippen LogP contribution in [-0.4, -0.2) is 30.4 Å². The molecule has 0 saturated carbocycles. The summed E-state index contributed by atoms with van der Waals surface area (Å²) < 4.78 is 39.4. The number of carbonyl (C=O) groups excluding carboxylic acids is 1. The summed E-state index contributed by atoms with van der Waals surface area (Å²) >= 11 is 4.76. The molecule has 0 amide bonds. The molecule has 1 aromatic heterocycles. The van der Waals surface area contributed by atoms with Gasteiger partial charge in [0.15, 0.2) is 16.3 Å². The zero-order chi connectivity index (χ0) is 32.2. The van der Waals surface area contributed by atoms with E-state index in [2.05, 4.69) is 20.9 Å². The Kier molecular flexibility index (Phi) is 9.89. The van der Waals surface area contributed by atoms with Crippen molar-refractivity contribution in [1.29, 1.82) is 0 Å². The fraction of sp³-hybridized carbons (Fsp3) is 0.265. The first kappa shape index (κ1) is 32.2. The number of rotatable bonds is 10. The smallest absolute Gasteiger partial charge is 0.338 e. The van der Waals surface area contributed by atoms with Crippen molar-refractivity contribution in [1.82, 2.24) is 4.57 Å². The maximum absolute atomic E-state index is 14.0. The first-order chi connectivity index (χ1) is 21.6. The van der Waals surface area contributed by atoms with Crippen LogP contribution in [0.1, 0.15) is 50.4 Å². The third kappa shape index (κ3) is 6.89. The second-order valence-corrected chi connectivity index (χ2v) is 12.3. The maximum atomic E-state index is 14.0. The van der Waals surface area contributed by atoms with Gasteiger partial charge in [-0.2, -0.15) is 0 Å². The highest BCUT2D eigenvalue weighted by molar-refractivity contribution is 9.10. The van der Waals surface area contributed by atoms with Crippen molar-refractivity contribution >= 4 is 39.3 Å². The Hall–Kier alpha value is -4.22. The average molecular weight is 696 g/mol. The van der Waals surface area contributed by atoms with E-state index in [9.17, 15) is 14.0 Å². The molecule has 0 bridgehead atoms. The molecule has 5 rings (SSSR count). The lowest BCUT2D eigenvalue weighted by Crippen LogP contribution is -2.40. The van der Waals surface area contributed by atoms with E-state index in [0.717, 1.165) is 5.56 Å². The Balaban J connectivity index is 1.55. The van der Waals surface area contributed by atoms with E-state index in [1.807, 2.05) is 32.0 Å². The Morgan fingerprint density at radius 1 is 1.11 bits per heavy atom. The van der Waals surface area contributed by atoms with Crippen molar-refractivity contribution in [3.8, 4) is 17.2 Å². The molecular formula is C34H32BrFN2O6S. The van der Waals surface area contributed by atoms with Crippen molar-refractivity contribution in [2.75, 3.05) is 13.7 Å². The summed E-state index contributed by atoms with van der Waals surface area (Å²) in [6, 6.07) is 16.4. The number of nitrogens with zero attached hydrogens (tertiary/aromatic N) is 2. The van der Waals surface area contributed by atoms with Gasteiger partial charge in [0.2, 0.25) is 0 Å². The molecule has 1 aliphatic rings. The van der Waals surface area contributed by atoms with Crippen LogP contribution in [0.5, 0.6) is 17.2 Å². The number of aromatic nitrogens is 1. The van der Waals surface area contributed by atoms with E-state index in [4.69, 9.17) is 18.9 Å². The Morgan fingerprint density at radius 2 is 1.87 bits per heavy atom. The molecule has 0 aliphatic carbocycles. The van der Waals surface area contributed by atoms with Gasteiger partial charge >= 0.3 is 5.97 Å². The Bertz CT molecular complexity index is 1970. The maximum Gasteiger partial charge on any atom is 0.338 e. The lowest BCUT2D eigenvalue weighted by Gasteiger charge is -2.25. The van der Waals surface area contributed by atoms with Gasteiger partial charge in [-0.15, -0.1) is 0 Å². The van der Waals surface area contributed by atoms with Crippen LogP contribution in [0.15, 0.2) is 86.2 Å². The summed E-state index contributed by atoms with van der Waals surface area (Å²) in [6.07, 6.45) is 1.68. The van der Waals surface area contributed by atoms with E-state index in [-0.39, 0.29) is 36.3 Å². The summed E-state index contributed by atoms with van der Waals surface area (Å²) in [5.74, 6) is 0.677. The molecule has 0 spiro atoms. The van der Waals surface area contributed by atoms with E-state index in [0.29, 0.717) is 47.9 Å². The number of benzene rings is 3. The van der Waals surface area contributed by atoms with Crippen molar-refractivity contribution in [2.45, 2.75) is 46.4 Å². The molecule has 2 heterocycles. The Labute approximate surface area is 272 Å².